The van der Waals surface area contributed by atoms with E-state index >= 15 is 0 Å². The first kappa shape index (κ1) is 25.2. The van der Waals surface area contributed by atoms with E-state index in [-0.39, 0.29) is 29.8 Å². The Morgan fingerprint density at radius 1 is 1.15 bits per heavy atom. The molecule has 0 saturated carbocycles. The van der Waals surface area contributed by atoms with Crippen molar-refractivity contribution in [3.05, 3.63) is 84.0 Å². The van der Waals surface area contributed by atoms with Crippen molar-refractivity contribution in [2.45, 2.75) is 49.6 Å². The molecule has 3 rings (SSSR count). The maximum Gasteiger partial charge on any atom is 0.178 e. The number of methoxy groups -OCH3 is 1. The molecule has 1 aliphatic heterocycles. The van der Waals surface area contributed by atoms with Gasteiger partial charge in [0.1, 0.15) is 11.9 Å². The van der Waals surface area contributed by atoms with Gasteiger partial charge in [-0.25, -0.2) is 8.42 Å². The van der Waals surface area contributed by atoms with Crippen LogP contribution in [0, 0.1) is 0 Å². The van der Waals surface area contributed by atoms with Crippen molar-refractivity contribution in [1.29, 1.82) is 0 Å². The smallest absolute Gasteiger partial charge is 0.178 e. The molecule has 7 heteroatoms. The van der Waals surface area contributed by atoms with Gasteiger partial charge in [-0.15, -0.1) is 0 Å². The van der Waals surface area contributed by atoms with E-state index in [0.717, 1.165) is 17.7 Å². The van der Waals surface area contributed by atoms with Crippen LogP contribution in [0.1, 0.15) is 25.3 Å². The van der Waals surface area contributed by atoms with E-state index in [1.807, 2.05) is 36.4 Å². The highest BCUT2D eigenvalue weighted by Crippen LogP contribution is 2.19. The van der Waals surface area contributed by atoms with Gasteiger partial charge in [-0.3, -0.25) is 0 Å². The summed E-state index contributed by atoms with van der Waals surface area (Å²) >= 11 is 0. The molecule has 0 fully saturated rings. The summed E-state index contributed by atoms with van der Waals surface area (Å²) in [5.74, 6) is 0.579. The fourth-order valence-electron chi connectivity index (χ4n) is 3.53. The molecule has 0 radical (unpaired) electrons. The molecule has 0 aromatic heterocycles. The van der Waals surface area contributed by atoms with E-state index in [2.05, 4.69) is 6.92 Å². The molecule has 0 spiro atoms. The maximum atomic E-state index is 12.6. The lowest BCUT2D eigenvalue weighted by Gasteiger charge is -2.23. The average molecular weight is 473 g/mol. The first-order valence-corrected chi connectivity index (χ1v) is 12.7. The largest absolute Gasteiger partial charge is 0.497 e. The van der Waals surface area contributed by atoms with Crippen LogP contribution in [-0.4, -0.2) is 51.3 Å². The van der Waals surface area contributed by atoms with Gasteiger partial charge in [0.15, 0.2) is 9.84 Å². The normalized spacial score (nSPS) is 18.6. The zero-order valence-electron chi connectivity index (χ0n) is 19.1. The van der Waals surface area contributed by atoms with Crippen molar-refractivity contribution in [3.8, 4) is 5.75 Å². The highest BCUT2D eigenvalue weighted by atomic mass is 32.2. The van der Waals surface area contributed by atoms with Gasteiger partial charge in [-0.05, 0) is 49.6 Å². The van der Waals surface area contributed by atoms with Crippen LogP contribution in [-0.2, 0) is 25.9 Å². The first-order chi connectivity index (χ1) is 15.9. The second-order valence-corrected chi connectivity index (χ2v) is 10.2. The molecule has 2 aromatic rings. The van der Waals surface area contributed by atoms with E-state index in [9.17, 15) is 13.5 Å². The summed E-state index contributed by atoms with van der Waals surface area (Å²) in [5, 5.41) is 10.8. The highest BCUT2D eigenvalue weighted by Gasteiger charge is 2.23. The number of ether oxygens (including phenoxy) is 3. The van der Waals surface area contributed by atoms with Crippen molar-refractivity contribution in [3.63, 3.8) is 0 Å². The Balaban J connectivity index is 1.66. The molecule has 178 valence electrons. The standard InChI is InChI=1S/C26H32O6S/c1-20-14-16-31-23(18-20)12-13-26(32-19-21-8-10-22(30-2)11-9-21)25(27)15-17-33(28,29)24-6-4-3-5-7-24/h3-14,23,25-27H,15-19H2,1-2H3/b13-12+/t23-,25+,26+/m1/s1. The van der Waals surface area contributed by atoms with Crippen LogP contribution in [0.4, 0.5) is 0 Å². The minimum Gasteiger partial charge on any atom is -0.497 e. The lowest BCUT2D eigenvalue weighted by molar-refractivity contribution is -0.0201. The van der Waals surface area contributed by atoms with E-state index in [1.54, 1.807) is 43.5 Å². The number of hydrogen-bond acceptors (Lipinski definition) is 6. The molecular weight excluding hydrogens is 440 g/mol. The van der Waals surface area contributed by atoms with Crippen LogP contribution in [0.15, 0.2) is 83.3 Å². The summed E-state index contributed by atoms with van der Waals surface area (Å²) in [4.78, 5) is 0.251. The lowest BCUT2D eigenvalue weighted by atomic mass is 10.0. The molecule has 0 unspecified atom stereocenters. The summed E-state index contributed by atoms with van der Waals surface area (Å²) in [6.45, 7) is 2.88. The number of rotatable bonds is 11. The summed E-state index contributed by atoms with van der Waals surface area (Å²) in [5.41, 5.74) is 2.17. The van der Waals surface area contributed by atoms with Crippen LogP contribution in [0.3, 0.4) is 0 Å². The molecule has 1 N–H and O–H groups in total. The molecule has 0 saturated heterocycles. The Labute approximate surface area is 196 Å². The molecule has 0 bridgehead atoms. The average Bonchev–Trinajstić information content (AvgIpc) is 2.83. The Morgan fingerprint density at radius 2 is 1.88 bits per heavy atom. The predicted octanol–water partition coefficient (Wildman–Crippen LogP) is 4.10. The topological polar surface area (TPSA) is 82.1 Å². The number of sulfone groups is 1. The van der Waals surface area contributed by atoms with Crippen molar-refractivity contribution in [2.75, 3.05) is 19.5 Å². The zero-order chi connectivity index (χ0) is 23.7. The Hall–Kier alpha value is -2.45. The molecule has 0 amide bonds. The van der Waals surface area contributed by atoms with Crippen LogP contribution in [0.5, 0.6) is 5.75 Å². The summed E-state index contributed by atoms with van der Waals surface area (Å²) in [7, 11) is -1.88. The van der Waals surface area contributed by atoms with Gasteiger partial charge in [0.25, 0.3) is 0 Å². The van der Waals surface area contributed by atoms with Gasteiger partial charge in [0.05, 0.1) is 43.2 Å². The second-order valence-electron chi connectivity index (χ2n) is 8.12. The number of aliphatic hydroxyl groups is 1. The van der Waals surface area contributed by atoms with Crippen LogP contribution >= 0.6 is 0 Å². The molecule has 33 heavy (non-hydrogen) atoms. The van der Waals surface area contributed by atoms with Crippen molar-refractivity contribution in [2.24, 2.45) is 0 Å². The minimum absolute atomic E-state index is 0.0549. The second kappa shape index (κ2) is 12.1. The SMILES string of the molecule is COc1ccc(CO[C@@H](/C=C/[C@@H]2CC(C)=CCO2)[C@@H](O)CCS(=O)(=O)c2ccccc2)cc1. The van der Waals surface area contributed by atoms with Crippen molar-refractivity contribution < 1.29 is 27.7 Å². The summed E-state index contributed by atoms with van der Waals surface area (Å²) in [6, 6.07) is 15.8. The molecule has 1 heterocycles. The summed E-state index contributed by atoms with van der Waals surface area (Å²) in [6.07, 6.45) is 4.80. The Kier molecular flexibility index (Phi) is 9.26. The molecule has 0 aliphatic carbocycles. The third-order valence-electron chi connectivity index (χ3n) is 5.55. The van der Waals surface area contributed by atoms with Gasteiger partial charge >= 0.3 is 0 Å². The van der Waals surface area contributed by atoms with Gasteiger partial charge in [0, 0.05) is 0 Å². The van der Waals surface area contributed by atoms with Gasteiger partial charge in [0.2, 0.25) is 0 Å². The summed E-state index contributed by atoms with van der Waals surface area (Å²) < 4.78 is 42.2. The Morgan fingerprint density at radius 3 is 2.55 bits per heavy atom. The van der Waals surface area contributed by atoms with E-state index in [4.69, 9.17) is 14.2 Å². The van der Waals surface area contributed by atoms with Gasteiger partial charge in [-0.2, -0.15) is 0 Å². The molecular formula is C26H32O6S. The number of aliphatic hydroxyl groups excluding tert-OH is 1. The predicted molar refractivity (Wildman–Crippen MR) is 128 cm³/mol. The fourth-order valence-corrected chi connectivity index (χ4v) is 4.88. The maximum absolute atomic E-state index is 12.6. The first-order valence-electron chi connectivity index (χ1n) is 11.0. The third kappa shape index (κ3) is 7.82. The quantitative estimate of drug-likeness (QED) is 0.496. The number of hydrogen-bond donors (Lipinski definition) is 1. The minimum atomic E-state index is -3.49. The van der Waals surface area contributed by atoms with E-state index < -0.39 is 22.0 Å². The third-order valence-corrected chi connectivity index (χ3v) is 7.31. The highest BCUT2D eigenvalue weighted by molar-refractivity contribution is 7.91. The fraction of sp³-hybridized carbons (Fsp3) is 0.385. The van der Waals surface area contributed by atoms with E-state index in [0.29, 0.717) is 6.61 Å². The van der Waals surface area contributed by atoms with Gasteiger partial charge < -0.3 is 19.3 Å². The van der Waals surface area contributed by atoms with Crippen molar-refractivity contribution in [1.82, 2.24) is 0 Å². The lowest BCUT2D eigenvalue weighted by Crippen LogP contribution is -2.30. The molecule has 3 atom stereocenters. The van der Waals surface area contributed by atoms with Crippen molar-refractivity contribution >= 4 is 9.84 Å². The van der Waals surface area contributed by atoms with Crippen LogP contribution in [0.25, 0.3) is 0 Å². The zero-order valence-corrected chi connectivity index (χ0v) is 19.9. The van der Waals surface area contributed by atoms with Gasteiger partial charge in [-0.1, -0.05) is 54.1 Å². The van der Waals surface area contributed by atoms with E-state index in [1.165, 1.54) is 5.57 Å². The molecule has 1 aliphatic rings. The monoisotopic (exact) mass is 472 g/mol. The van der Waals surface area contributed by atoms with Crippen LogP contribution in [0.2, 0.25) is 0 Å². The molecule has 6 nitrogen and oxygen atoms in total. The molecule has 2 aromatic carbocycles. The Bertz CT molecular complexity index is 1030. The number of benzene rings is 2. The van der Waals surface area contributed by atoms with Crippen LogP contribution < -0.4 is 4.74 Å².